The molecule has 6 rings (SSSR count). The van der Waals surface area contributed by atoms with E-state index in [0.29, 0.717) is 16.6 Å². The van der Waals surface area contributed by atoms with Crippen LogP contribution in [0.15, 0.2) is 87.8 Å². The number of aromatic amines is 1. The van der Waals surface area contributed by atoms with Crippen LogP contribution in [0.25, 0.3) is 33.1 Å². The molecule has 8 nitrogen and oxygen atoms in total. The summed E-state index contributed by atoms with van der Waals surface area (Å²) in [6, 6.07) is 20.4. The van der Waals surface area contributed by atoms with Crippen LogP contribution < -0.4 is 5.73 Å². The van der Waals surface area contributed by atoms with Gasteiger partial charge in [-0.15, -0.1) is 0 Å². The Hall–Kier alpha value is -4.50. The van der Waals surface area contributed by atoms with E-state index < -0.39 is 9.84 Å². The van der Waals surface area contributed by atoms with Gasteiger partial charge in [-0.3, -0.25) is 0 Å². The third-order valence-electron chi connectivity index (χ3n) is 6.26. The zero-order valence-electron chi connectivity index (χ0n) is 19.6. The number of para-hydroxylation sites is 3. The molecule has 9 heteroatoms. The number of benzene rings is 3. The lowest BCUT2D eigenvalue weighted by Gasteiger charge is -2.09. The van der Waals surface area contributed by atoms with Crippen LogP contribution in [-0.4, -0.2) is 34.3 Å². The molecule has 0 spiro atoms. The number of aromatic nitrogens is 4. The van der Waals surface area contributed by atoms with Gasteiger partial charge < -0.3 is 10.7 Å². The Labute approximate surface area is 207 Å². The van der Waals surface area contributed by atoms with Crippen LogP contribution in [0.1, 0.15) is 16.7 Å². The molecule has 36 heavy (non-hydrogen) atoms. The Bertz CT molecular complexity index is 1950. The Kier molecular flexibility index (Phi) is 4.90. The van der Waals surface area contributed by atoms with E-state index in [1.165, 1.54) is 4.68 Å². The van der Waals surface area contributed by atoms with Crippen molar-refractivity contribution in [3.05, 3.63) is 89.6 Å². The average Bonchev–Trinajstić information content (AvgIpc) is 3.40. The quantitative estimate of drug-likeness (QED) is 0.335. The van der Waals surface area contributed by atoms with E-state index in [9.17, 15) is 8.42 Å². The first-order chi connectivity index (χ1) is 17.3. The molecule has 3 heterocycles. The lowest BCUT2D eigenvalue weighted by molar-refractivity contribution is 0.596. The van der Waals surface area contributed by atoms with E-state index in [-0.39, 0.29) is 26.8 Å². The number of aryl methyl sites for hydroxylation is 2. The van der Waals surface area contributed by atoms with Crippen molar-refractivity contribution in [3.8, 4) is 0 Å². The number of nitrogen functional groups attached to an aromatic ring is 1. The summed E-state index contributed by atoms with van der Waals surface area (Å²) >= 11 is 0. The average molecular weight is 495 g/mol. The Balaban J connectivity index is 1.64. The van der Waals surface area contributed by atoms with Crippen LogP contribution in [0.2, 0.25) is 0 Å². The molecule has 0 aliphatic carbocycles. The van der Waals surface area contributed by atoms with Crippen molar-refractivity contribution in [2.24, 2.45) is 5.10 Å². The summed E-state index contributed by atoms with van der Waals surface area (Å²) < 4.78 is 29.3. The first-order valence-corrected chi connectivity index (χ1v) is 12.8. The van der Waals surface area contributed by atoms with E-state index >= 15 is 0 Å². The number of rotatable bonds is 4. The fourth-order valence-corrected chi connectivity index (χ4v) is 6.24. The van der Waals surface area contributed by atoms with Crippen LogP contribution >= 0.6 is 0 Å². The van der Waals surface area contributed by atoms with Gasteiger partial charge in [0.05, 0.1) is 22.1 Å². The van der Waals surface area contributed by atoms with E-state index in [4.69, 9.17) is 10.7 Å². The van der Waals surface area contributed by atoms with Gasteiger partial charge in [0.2, 0.25) is 9.84 Å². The molecule has 0 saturated heterocycles. The number of nitrogens with two attached hydrogens (primary N) is 1. The molecule has 0 radical (unpaired) electrons. The van der Waals surface area contributed by atoms with Crippen LogP contribution in [0.5, 0.6) is 0 Å². The monoisotopic (exact) mass is 494 g/mol. The number of nitrogens with one attached hydrogen (secondary N) is 1. The molecule has 0 fully saturated rings. The number of fused-ring (bicyclic) bond motifs is 3. The first kappa shape index (κ1) is 22.0. The zero-order valence-corrected chi connectivity index (χ0v) is 20.4. The Morgan fingerprint density at radius 1 is 0.972 bits per heavy atom. The second-order valence-electron chi connectivity index (χ2n) is 8.72. The van der Waals surface area contributed by atoms with Crippen LogP contribution in [0.3, 0.4) is 0 Å². The van der Waals surface area contributed by atoms with Crippen molar-refractivity contribution in [2.45, 2.75) is 23.6 Å². The molecule has 3 N–H and O–H groups in total. The summed E-state index contributed by atoms with van der Waals surface area (Å²) in [6.07, 6.45) is 3.48. The number of anilines is 1. The predicted octanol–water partition coefficient (Wildman–Crippen LogP) is 4.98. The van der Waals surface area contributed by atoms with Crippen molar-refractivity contribution in [1.29, 1.82) is 0 Å². The third-order valence-corrected chi connectivity index (χ3v) is 8.22. The van der Waals surface area contributed by atoms with E-state index in [2.05, 4.69) is 15.1 Å². The molecule has 0 saturated carbocycles. The van der Waals surface area contributed by atoms with Gasteiger partial charge in [-0.2, -0.15) is 9.78 Å². The lowest BCUT2D eigenvalue weighted by atomic mass is 10.2. The smallest absolute Gasteiger partial charge is 0.212 e. The molecule has 3 aromatic carbocycles. The normalized spacial score (nSPS) is 12.4. The summed E-state index contributed by atoms with van der Waals surface area (Å²) in [4.78, 5) is 12.7. The predicted molar refractivity (Wildman–Crippen MR) is 142 cm³/mol. The molecule has 178 valence electrons. The van der Waals surface area contributed by atoms with E-state index in [1.807, 2.05) is 61.7 Å². The first-order valence-electron chi connectivity index (χ1n) is 11.3. The van der Waals surface area contributed by atoms with Crippen molar-refractivity contribution in [3.63, 3.8) is 0 Å². The van der Waals surface area contributed by atoms with Gasteiger partial charge in [-0.05, 0) is 49.2 Å². The SMILES string of the molecule is Cc1ccc(C)c(S(=O)(=O)c2c(N)n(N=Cc3c[nH]c4ccccc34)c3nc4ccccc4nc23)c1. The number of sulfone groups is 1. The fourth-order valence-electron chi connectivity index (χ4n) is 4.43. The molecule has 0 amide bonds. The summed E-state index contributed by atoms with van der Waals surface area (Å²) in [5.41, 5.74) is 11.4. The number of hydrogen-bond acceptors (Lipinski definition) is 6. The maximum atomic E-state index is 14.0. The van der Waals surface area contributed by atoms with Gasteiger partial charge >= 0.3 is 0 Å². The summed E-state index contributed by atoms with van der Waals surface area (Å²) in [5.74, 6) is -0.0442. The highest BCUT2D eigenvalue weighted by Crippen LogP contribution is 2.36. The van der Waals surface area contributed by atoms with Crippen molar-refractivity contribution < 1.29 is 8.42 Å². The van der Waals surface area contributed by atoms with Crippen LogP contribution in [-0.2, 0) is 9.84 Å². The zero-order chi connectivity index (χ0) is 25.0. The molecule has 0 aliphatic heterocycles. The molecular formula is C27H22N6O2S. The minimum atomic E-state index is -4.03. The fraction of sp³-hybridized carbons (Fsp3) is 0.0741. The highest BCUT2D eigenvalue weighted by molar-refractivity contribution is 7.92. The molecule has 0 aliphatic rings. The van der Waals surface area contributed by atoms with Gasteiger partial charge in [0, 0.05) is 22.7 Å². The molecular weight excluding hydrogens is 472 g/mol. The molecule has 3 aromatic heterocycles. The third kappa shape index (κ3) is 3.36. The maximum Gasteiger partial charge on any atom is 0.212 e. The van der Waals surface area contributed by atoms with Crippen molar-refractivity contribution in [1.82, 2.24) is 19.6 Å². The minimum Gasteiger partial charge on any atom is -0.382 e. The topological polar surface area (TPSA) is 119 Å². The van der Waals surface area contributed by atoms with Crippen LogP contribution in [0, 0.1) is 13.8 Å². The molecule has 0 bridgehead atoms. The van der Waals surface area contributed by atoms with Gasteiger partial charge in [-0.25, -0.2) is 18.4 Å². The molecule has 0 unspecified atom stereocenters. The van der Waals surface area contributed by atoms with Crippen LogP contribution in [0.4, 0.5) is 5.82 Å². The Morgan fingerprint density at radius 3 is 2.50 bits per heavy atom. The summed E-state index contributed by atoms with van der Waals surface area (Å²) in [5, 5.41) is 5.56. The van der Waals surface area contributed by atoms with Crippen molar-refractivity contribution in [2.75, 3.05) is 5.73 Å². The number of H-pyrrole nitrogens is 1. The largest absolute Gasteiger partial charge is 0.382 e. The van der Waals surface area contributed by atoms with Crippen molar-refractivity contribution >= 4 is 55.0 Å². The van der Waals surface area contributed by atoms with Gasteiger partial charge in [0.15, 0.2) is 5.65 Å². The number of hydrogen-bond donors (Lipinski definition) is 2. The van der Waals surface area contributed by atoms with E-state index in [1.54, 1.807) is 31.3 Å². The molecule has 0 atom stereocenters. The van der Waals surface area contributed by atoms with Gasteiger partial charge in [0.1, 0.15) is 16.2 Å². The molecule has 6 aromatic rings. The summed E-state index contributed by atoms with van der Waals surface area (Å²) in [6.45, 7) is 3.61. The second kappa shape index (κ2) is 8.03. The Morgan fingerprint density at radius 2 is 1.69 bits per heavy atom. The van der Waals surface area contributed by atoms with E-state index in [0.717, 1.165) is 22.0 Å². The lowest BCUT2D eigenvalue weighted by Crippen LogP contribution is -2.08. The highest BCUT2D eigenvalue weighted by Gasteiger charge is 2.31. The standard InChI is InChI=1S/C27H22N6O2S/c1-16-11-12-17(2)23(13-16)36(34,35)25-24-27(32-22-10-6-5-9-21(22)31-24)33(26(25)28)30-15-18-14-29-20-8-4-3-7-19(18)20/h3-15,29H,28H2,1-2H3. The maximum absolute atomic E-state index is 14.0. The summed E-state index contributed by atoms with van der Waals surface area (Å²) in [7, 11) is -4.03. The van der Waals surface area contributed by atoms with Gasteiger partial charge in [0.25, 0.3) is 0 Å². The van der Waals surface area contributed by atoms with Gasteiger partial charge in [-0.1, -0.05) is 42.5 Å². The highest BCUT2D eigenvalue weighted by atomic mass is 32.2. The second-order valence-corrected chi connectivity index (χ2v) is 10.6. The number of nitrogens with zero attached hydrogens (tertiary/aromatic N) is 4. The minimum absolute atomic E-state index is 0.0442.